The van der Waals surface area contributed by atoms with Gasteiger partial charge < -0.3 is 14.9 Å². The van der Waals surface area contributed by atoms with Crippen molar-refractivity contribution >= 4 is 23.2 Å². The van der Waals surface area contributed by atoms with Crippen LogP contribution in [0.4, 0.5) is 5.69 Å². The van der Waals surface area contributed by atoms with Crippen LogP contribution in [0.5, 0.6) is 0 Å². The fraction of sp³-hybridized carbons (Fsp3) is 0.381. The molecule has 1 amide bonds. The van der Waals surface area contributed by atoms with Crippen LogP contribution in [0.2, 0.25) is 5.02 Å². The molecule has 2 aromatic carbocycles. The standard InChI is InChI=1S/C21H25ClN2O2/c1-16-4-2-5-17(14-16)20(25)8-9-21(26)24-12-10-23(11-13-24)19-7-3-6-18(22)15-19/h2-7,14-15,20,25H,8-13H2,1H3. The first-order chi connectivity index (χ1) is 12.5. The van der Waals surface area contributed by atoms with E-state index in [2.05, 4.69) is 4.90 Å². The topological polar surface area (TPSA) is 43.8 Å². The Hall–Kier alpha value is -2.04. The second-order valence-electron chi connectivity index (χ2n) is 6.82. The van der Waals surface area contributed by atoms with Gasteiger partial charge in [0.15, 0.2) is 0 Å². The highest BCUT2D eigenvalue weighted by Gasteiger charge is 2.22. The second kappa shape index (κ2) is 8.56. The summed E-state index contributed by atoms with van der Waals surface area (Å²) in [7, 11) is 0. The summed E-state index contributed by atoms with van der Waals surface area (Å²) in [6.07, 6.45) is 0.231. The maximum Gasteiger partial charge on any atom is 0.222 e. The number of aryl methyl sites for hydroxylation is 1. The summed E-state index contributed by atoms with van der Waals surface area (Å²) < 4.78 is 0. The normalized spacial score (nSPS) is 15.8. The van der Waals surface area contributed by atoms with Gasteiger partial charge in [0, 0.05) is 43.3 Å². The molecule has 138 valence electrons. The molecule has 1 unspecified atom stereocenters. The zero-order chi connectivity index (χ0) is 18.5. The third-order valence-electron chi connectivity index (χ3n) is 4.86. The van der Waals surface area contributed by atoms with Crippen LogP contribution in [0.15, 0.2) is 48.5 Å². The Labute approximate surface area is 160 Å². The van der Waals surface area contributed by atoms with Crippen LogP contribution in [-0.2, 0) is 4.79 Å². The van der Waals surface area contributed by atoms with Gasteiger partial charge in [-0.15, -0.1) is 0 Å². The van der Waals surface area contributed by atoms with Crippen LogP contribution in [0.25, 0.3) is 0 Å². The van der Waals surface area contributed by atoms with Gasteiger partial charge in [-0.05, 0) is 37.1 Å². The minimum Gasteiger partial charge on any atom is -0.388 e. The van der Waals surface area contributed by atoms with Gasteiger partial charge in [0.2, 0.25) is 5.91 Å². The number of amides is 1. The molecule has 1 fully saturated rings. The minimum absolute atomic E-state index is 0.113. The van der Waals surface area contributed by atoms with Crippen LogP contribution in [0, 0.1) is 6.92 Å². The van der Waals surface area contributed by atoms with Crippen LogP contribution < -0.4 is 4.90 Å². The first-order valence-electron chi connectivity index (χ1n) is 9.06. The van der Waals surface area contributed by atoms with Crippen molar-refractivity contribution in [1.82, 2.24) is 4.90 Å². The molecule has 0 aromatic heterocycles. The van der Waals surface area contributed by atoms with E-state index in [-0.39, 0.29) is 5.91 Å². The molecule has 26 heavy (non-hydrogen) atoms. The van der Waals surface area contributed by atoms with Crippen molar-refractivity contribution in [2.75, 3.05) is 31.1 Å². The summed E-state index contributed by atoms with van der Waals surface area (Å²) in [6.45, 7) is 5.00. The molecule has 1 aliphatic heterocycles. The molecule has 0 aliphatic carbocycles. The number of hydrogen-bond donors (Lipinski definition) is 1. The molecule has 1 aliphatic rings. The summed E-state index contributed by atoms with van der Waals surface area (Å²) in [5.74, 6) is 0.113. The maximum absolute atomic E-state index is 12.5. The summed E-state index contributed by atoms with van der Waals surface area (Å²) >= 11 is 6.06. The SMILES string of the molecule is Cc1cccc(C(O)CCC(=O)N2CCN(c3cccc(Cl)c3)CC2)c1. The largest absolute Gasteiger partial charge is 0.388 e. The maximum atomic E-state index is 12.5. The first-order valence-corrected chi connectivity index (χ1v) is 9.43. The Morgan fingerprint density at radius 1 is 1.12 bits per heavy atom. The van der Waals surface area contributed by atoms with Gasteiger partial charge in [0.1, 0.15) is 0 Å². The predicted molar refractivity (Wildman–Crippen MR) is 106 cm³/mol. The van der Waals surface area contributed by atoms with Gasteiger partial charge >= 0.3 is 0 Å². The Bertz CT molecular complexity index is 757. The van der Waals surface area contributed by atoms with E-state index >= 15 is 0 Å². The lowest BCUT2D eigenvalue weighted by Crippen LogP contribution is -2.48. The van der Waals surface area contributed by atoms with E-state index in [1.165, 1.54) is 0 Å². The fourth-order valence-corrected chi connectivity index (χ4v) is 3.53. The van der Waals surface area contributed by atoms with E-state index in [0.29, 0.717) is 25.9 Å². The number of benzene rings is 2. The summed E-state index contributed by atoms with van der Waals surface area (Å²) in [4.78, 5) is 16.6. The van der Waals surface area contributed by atoms with Crippen molar-refractivity contribution in [3.8, 4) is 0 Å². The number of halogens is 1. The van der Waals surface area contributed by atoms with E-state index < -0.39 is 6.10 Å². The van der Waals surface area contributed by atoms with E-state index in [4.69, 9.17) is 11.6 Å². The quantitative estimate of drug-likeness (QED) is 0.867. The van der Waals surface area contributed by atoms with E-state index in [1.807, 2.05) is 60.4 Å². The highest BCUT2D eigenvalue weighted by molar-refractivity contribution is 6.30. The lowest BCUT2D eigenvalue weighted by Gasteiger charge is -2.36. The molecule has 0 bridgehead atoms. The van der Waals surface area contributed by atoms with Gasteiger partial charge in [0.05, 0.1) is 6.10 Å². The Kier molecular flexibility index (Phi) is 6.17. The summed E-state index contributed by atoms with van der Waals surface area (Å²) in [5, 5.41) is 11.0. The molecule has 0 saturated carbocycles. The van der Waals surface area contributed by atoms with Crippen molar-refractivity contribution < 1.29 is 9.90 Å². The lowest BCUT2D eigenvalue weighted by molar-refractivity contribution is -0.132. The average molecular weight is 373 g/mol. The third kappa shape index (κ3) is 4.77. The van der Waals surface area contributed by atoms with Crippen molar-refractivity contribution in [2.24, 2.45) is 0 Å². The Morgan fingerprint density at radius 2 is 1.85 bits per heavy atom. The molecule has 1 heterocycles. The van der Waals surface area contributed by atoms with E-state index in [0.717, 1.165) is 34.9 Å². The lowest BCUT2D eigenvalue weighted by atomic mass is 10.0. The van der Waals surface area contributed by atoms with Crippen LogP contribution >= 0.6 is 11.6 Å². The van der Waals surface area contributed by atoms with Crippen LogP contribution in [0.1, 0.15) is 30.1 Å². The van der Waals surface area contributed by atoms with Crippen LogP contribution in [0.3, 0.4) is 0 Å². The Morgan fingerprint density at radius 3 is 2.54 bits per heavy atom. The molecule has 1 atom stereocenters. The van der Waals surface area contributed by atoms with E-state index in [9.17, 15) is 9.90 Å². The molecule has 4 nitrogen and oxygen atoms in total. The summed E-state index contributed by atoms with van der Waals surface area (Å²) in [6, 6.07) is 15.6. The van der Waals surface area contributed by atoms with Gasteiger partial charge in [-0.25, -0.2) is 0 Å². The molecule has 0 spiro atoms. The first kappa shape index (κ1) is 18.7. The van der Waals surface area contributed by atoms with Crippen molar-refractivity contribution in [3.63, 3.8) is 0 Å². The molecule has 1 N–H and O–H groups in total. The highest BCUT2D eigenvalue weighted by atomic mass is 35.5. The minimum atomic E-state index is -0.591. The third-order valence-corrected chi connectivity index (χ3v) is 5.10. The van der Waals surface area contributed by atoms with Crippen molar-refractivity contribution in [2.45, 2.75) is 25.9 Å². The number of hydrogen-bond acceptors (Lipinski definition) is 3. The smallest absolute Gasteiger partial charge is 0.222 e. The molecule has 3 rings (SSSR count). The number of aliphatic hydroxyl groups excluding tert-OH is 1. The number of carbonyl (C=O) groups is 1. The number of aliphatic hydroxyl groups is 1. The number of carbonyl (C=O) groups excluding carboxylic acids is 1. The van der Waals surface area contributed by atoms with E-state index in [1.54, 1.807) is 0 Å². The van der Waals surface area contributed by atoms with Crippen LogP contribution in [-0.4, -0.2) is 42.1 Å². The highest BCUT2D eigenvalue weighted by Crippen LogP contribution is 2.22. The van der Waals surface area contributed by atoms with Crippen molar-refractivity contribution in [3.05, 3.63) is 64.7 Å². The summed E-state index contributed by atoms with van der Waals surface area (Å²) in [5.41, 5.74) is 3.09. The molecular weight excluding hydrogens is 348 g/mol. The number of rotatable bonds is 5. The molecule has 0 radical (unpaired) electrons. The number of nitrogens with zero attached hydrogens (tertiary/aromatic N) is 2. The second-order valence-corrected chi connectivity index (χ2v) is 7.25. The number of piperazine rings is 1. The molecule has 1 saturated heterocycles. The zero-order valence-electron chi connectivity index (χ0n) is 15.1. The van der Waals surface area contributed by atoms with Crippen molar-refractivity contribution in [1.29, 1.82) is 0 Å². The number of anilines is 1. The molecule has 5 heteroatoms. The predicted octanol–water partition coefficient (Wildman–Crippen LogP) is 3.81. The molecular formula is C21H25ClN2O2. The fourth-order valence-electron chi connectivity index (χ4n) is 3.35. The monoisotopic (exact) mass is 372 g/mol. The zero-order valence-corrected chi connectivity index (χ0v) is 15.8. The van der Waals surface area contributed by atoms with Gasteiger partial charge in [-0.2, -0.15) is 0 Å². The van der Waals surface area contributed by atoms with Gasteiger partial charge in [-0.3, -0.25) is 4.79 Å². The Balaban J connectivity index is 1.48. The molecule has 2 aromatic rings. The van der Waals surface area contributed by atoms with Gasteiger partial charge in [-0.1, -0.05) is 47.5 Å². The van der Waals surface area contributed by atoms with Gasteiger partial charge in [0.25, 0.3) is 0 Å². The average Bonchev–Trinajstić information content (AvgIpc) is 2.66.